The number of hydrogen-bond acceptors (Lipinski definition) is 2. The van der Waals surface area contributed by atoms with Crippen LogP contribution in [0.5, 0.6) is 0 Å². The second kappa shape index (κ2) is 3.44. The molecule has 0 N–H and O–H groups in total. The fourth-order valence-corrected chi connectivity index (χ4v) is 6.36. The van der Waals surface area contributed by atoms with Gasteiger partial charge in [-0.15, -0.1) is 0 Å². The van der Waals surface area contributed by atoms with Crippen LogP contribution in [-0.4, -0.2) is 19.0 Å². The molecule has 2 bridgehead atoms. The van der Waals surface area contributed by atoms with Crippen LogP contribution in [0.4, 0.5) is 0 Å². The Labute approximate surface area is 91.7 Å². The Bertz CT molecular complexity index is 308. The predicted molar refractivity (Wildman–Crippen MR) is 63.2 cm³/mol. The van der Waals surface area contributed by atoms with E-state index >= 15 is 0 Å². The molecule has 0 amide bonds. The molecule has 0 aromatic carbocycles. The minimum atomic E-state index is -1.43. The van der Waals surface area contributed by atoms with Gasteiger partial charge in [0, 0.05) is 16.4 Å². The van der Waals surface area contributed by atoms with Crippen molar-refractivity contribution in [2.24, 2.45) is 11.8 Å². The Morgan fingerprint density at radius 2 is 1.73 bits per heavy atom. The number of rotatable bonds is 2. The van der Waals surface area contributed by atoms with Crippen LogP contribution in [0.1, 0.15) is 12.8 Å². The Morgan fingerprint density at radius 3 is 2.07 bits per heavy atom. The highest BCUT2D eigenvalue weighted by Gasteiger charge is 2.52. The van der Waals surface area contributed by atoms with Gasteiger partial charge in [0.1, 0.15) is 0 Å². The lowest BCUT2D eigenvalue weighted by Crippen LogP contribution is -2.51. The van der Waals surface area contributed by atoms with Crippen LogP contribution in [0, 0.1) is 22.0 Å². The van der Waals surface area contributed by atoms with Crippen LogP contribution >= 0.6 is 0 Å². The smallest absolute Gasteiger partial charge is 0.220 e. The highest BCUT2D eigenvalue weighted by atomic mass is 28.3. The molecule has 0 aromatic rings. The minimum absolute atomic E-state index is 0.0107. The largest absolute Gasteiger partial charge is 0.264 e. The van der Waals surface area contributed by atoms with E-state index < -0.39 is 8.07 Å². The molecule has 0 unspecified atom stereocenters. The van der Waals surface area contributed by atoms with Crippen molar-refractivity contribution in [3.63, 3.8) is 0 Å². The summed E-state index contributed by atoms with van der Waals surface area (Å²) >= 11 is 0. The lowest BCUT2D eigenvalue weighted by molar-refractivity contribution is -0.535. The van der Waals surface area contributed by atoms with Crippen molar-refractivity contribution in [3.05, 3.63) is 22.3 Å². The molecule has 0 aliphatic heterocycles. The molecule has 0 saturated heterocycles. The van der Waals surface area contributed by atoms with Crippen LogP contribution in [0.15, 0.2) is 12.2 Å². The van der Waals surface area contributed by atoms with Gasteiger partial charge in [-0.05, 0) is 18.8 Å². The van der Waals surface area contributed by atoms with Crippen molar-refractivity contribution in [2.45, 2.75) is 44.1 Å². The van der Waals surface area contributed by atoms with E-state index in [2.05, 4.69) is 31.8 Å². The van der Waals surface area contributed by atoms with Gasteiger partial charge < -0.3 is 0 Å². The first-order chi connectivity index (χ1) is 6.91. The first-order valence-electron chi connectivity index (χ1n) is 5.73. The fourth-order valence-electron chi connectivity index (χ4n) is 3.41. The van der Waals surface area contributed by atoms with E-state index in [1.54, 1.807) is 0 Å². The number of hydrogen-bond donors (Lipinski definition) is 0. The first-order valence-corrected chi connectivity index (χ1v) is 9.31. The predicted octanol–water partition coefficient (Wildman–Crippen LogP) is 2.94. The molecule has 4 heteroatoms. The molecule has 0 aromatic heterocycles. The number of allylic oxidation sites excluding steroid dienone is 1. The topological polar surface area (TPSA) is 43.1 Å². The summed E-state index contributed by atoms with van der Waals surface area (Å²) in [5, 5.41) is 11.2. The average molecular weight is 225 g/mol. The second-order valence-electron chi connectivity index (χ2n) is 5.96. The Kier molecular flexibility index (Phi) is 2.49. The van der Waals surface area contributed by atoms with E-state index in [0.29, 0.717) is 11.5 Å². The summed E-state index contributed by atoms with van der Waals surface area (Å²) in [6, 6.07) is -0.291. The third-order valence-electron chi connectivity index (χ3n) is 3.95. The molecule has 3 rings (SSSR count). The monoisotopic (exact) mass is 225 g/mol. The molecule has 0 heterocycles. The first kappa shape index (κ1) is 10.9. The molecule has 1 fully saturated rings. The van der Waals surface area contributed by atoms with Crippen LogP contribution in [0.2, 0.25) is 25.2 Å². The molecular weight excluding hydrogens is 206 g/mol. The van der Waals surface area contributed by atoms with Gasteiger partial charge >= 0.3 is 0 Å². The molecule has 4 atom stereocenters. The summed E-state index contributed by atoms with van der Waals surface area (Å²) < 4.78 is 0. The van der Waals surface area contributed by atoms with E-state index in [1.165, 1.54) is 6.42 Å². The van der Waals surface area contributed by atoms with Gasteiger partial charge in [0.05, 0.1) is 8.07 Å². The zero-order valence-corrected chi connectivity index (χ0v) is 10.6. The Hall–Kier alpha value is -0.643. The zero-order chi connectivity index (χ0) is 11.2. The summed E-state index contributed by atoms with van der Waals surface area (Å²) in [6.45, 7) is 6.80. The standard InChI is InChI=1S/C11H19NO2Si/c1-15(2,3)11-9-6-4-8(5-7-9)10(11)12(13)14/h4,6,8-11H,5,7H2,1-3H3/t8-,9+,10+,11+/m1/s1. The number of nitro groups is 1. The van der Waals surface area contributed by atoms with Gasteiger partial charge in [0.25, 0.3) is 0 Å². The summed E-state index contributed by atoms with van der Waals surface area (Å²) in [6.07, 6.45) is 6.53. The average Bonchev–Trinajstić information content (AvgIpc) is 2.16. The zero-order valence-electron chi connectivity index (χ0n) is 9.64. The number of nitrogens with zero attached hydrogens (tertiary/aromatic N) is 1. The van der Waals surface area contributed by atoms with Crippen LogP contribution in [0.25, 0.3) is 0 Å². The van der Waals surface area contributed by atoms with E-state index in [1.807, 2.05) is 0 Å². The van der Waals surface area contributed by atoms with Gasteiger partial charge in [0.2, 0.25) is 6.04 Å². The maximum absolute atomic E-state index is 11.2. The maximum Gasteiger partial charge on any atom is 0.220 e. The van der Waals surface area contributed by atoms with E-state index in [-0.39, 0.29) is 16.9 Å². The van der Waals surface area contributed by atoms with Gasteiger partial charge in [-0.2, -0.15) is 0 Å². The van der Waals surface area contributed by atoms with Gasteiger partial charge in [-0.1, -0.05) is 31.8 Å². The summed E-state index contributed by atoms with van der Waals surface area (Å²) in [5.74, 6) is 0.693. The summed E-state index contributed by atoms with van der Waals surface area (Å²) in [5.41, 5.74) is 0.344. The van der Waals surface area contributed by atoms with Crippen LogP contribution < -0.4 is 0 Å². The molecule has 15 heavy (non-hydrogen) atoms. The lowest BCUT2D eigenvalue weighted by atomic mass is 9.72. The maximum atomic E-state index is 11.2. The SMILES string of the molecule is C[Si](C)(C)[C@@H]1[C@@H]([N+](=O)[O-])[C@@H]2C=C[C@H]1CC2. The van der Waals surface area contributed by atoms with E-state index in [4.69, 9.17) is 0 Å². The molecule has 0 spiro atoms. The van der Waals surface area contributed by atoms with Crippen molar-refractivity contribution in [1.29, 1.82) is 0 Å². The third-order valence-corrected chi connectivity index (χ3v) is 6.72. The fraction of sp³-hybridized carbons (Fsp3) is 0.818. The molecular formula is C11H19NO2Si. The molecule has 3 aliphatic carbocycles. The lowest BCUT2D eigenvalue weighted by Gasteiger charge is -2.45. The van der Waals surface area contributed by atoms with Gasteiger partial charge in [0.15, 0.2) is 0 Å². The molecule has 1 saturated carbocycles. The van der Waals surface area contributed by atoms with E-state index in [0.717, 1.165) is 6.42 Å². The highest BCUT2D eigenvalue weighted by molar-refractivity contribution is 6.77. The van der Waals surface area contributed by atoms with Crippen molar-refractivity contribution in [2.75, 3.05) is 0 Å². The van der Waals surface area contributed by atoms with Gasteiger partial charge in [-0.25, -0.2) is 0 Å². The molecule has 0 radical (unpaired) electrons. The second-order valence-corrected chi connectivity index (χ2v) is 11.4. The quantitative estimate of drug-likeness (QED) is 0.314. The third kappa shape index (κ3) is 1.75. The molecule has 84 valence electrons. The van der Waals surface area contributed by atoms with Crippen molar-refractivity contribution < 1.29 is 4.92 Å². The van der Waals surface area contributed by atoms with Crippen molar-refractivity contribution >= 4 is 8.07 Å². The van der Waals surface area contributed by atoms with Gasteiger partial charge in [-0.3, -0.25) is 10.1 Å². The normalized spacial score (nSPS) is 39.4. The van der Waals surface area contributed by atoms with Crippen molar-refractivity contribution in [1.82, 2.24) is 0 Å². The van der Waals surface area contributed by atoms with Crippen molar-refractivity contribution in [3.8, 4) is 0 Å². The summed E-state index contributed by atoms with van der Waals surface area (Å²) in [4.78, 5) is 11.2. The van der Waals surface area contributed by atoms with E-state index in [9.17, 15) is 10.1 Å². The summed E-state index contributed by atoms with van der Waals surface area (Å²) in [7, 11) is -1.43. The van der Waals surface area contributed by atoms with Crippen LogP contribution in [0.3, 0.4) is 0 Å². The van der Waals surface area contributed by atoms with Crippen LogP contribution in [-0.2, 0) is 0 Å². The highest BCUT2D eigenvalue weighted by Crippen LogP contribution is 2.49. The molecule has 3 nitrogen and oxygen atoms in total. The Morgan fingerprint density at radius 1 is 1.20 bits per heavy atom. The number of fused-ring (bicyclic) bond motifs is 2. The minimum Gasteiger partial charge on any atom is -0.264 e. The molecule has 3 aliphatic rings. The Balaban J connectivity index is 2.35.